The molecule has 0 bridgehead atoms. The Morgan fingerprint density at radius 1 is 1.32 bits per heavy atom. The van der Waals surface area contributed by atoms with Gasteiger partial charge in [0.25, 0.3) is 0 Å². The number of benzene rings is 1. The van der Waals surface area contributed by atoms with Gasteiger partial charge in [-0.25, -0.2) is 0 Å². The first-order valence-corrected chi connectivity index (χ1v) is 7.11. The topological polar surface area (TPSA) is 41.6 Å². The van der Waals surface area contributed by atoms with E-state index < -0.39 is 6.36 Å². The molecule has 1 aromatic rings. The largest absolute Gasteiger partial charge is 0.573 e. The monoisotopic (exact) mass is 316 g/mol. The van der Waals surface area contributed by atoms with Crippen LogP contribution in [0.2, 0.25) is 0 Å². The number of halogens is 3. The van der Waals surface area contributed by atoms with Gasteiger partial charge in [-0.3, -0.25) is 4.79 Å². The van der Waals surface area contributed by atoms with Crippen molar-refractivity contribution in [2.45, 2.75) is 38.7 Å². The van der Waals surface area contributed by atoms with Crippen molar-refractivity contribution in [1.29, 1.82) is 0 Å². The first-order valence-electron chi connectivity index (χ1n) is 7.11. The smallest absolute Gasteiger partial charge is 0.406 e. The molecule has 1 fully saturated rings. The highest BCUT2D eigenvalue weighted by molar-refractivity contribution is 5.79. The van der Waals surface area contributed by atoms with E-state index in [1.165, 1.54) is 18.2 Å². The first kappa shape index (κ1) is 16.6. The molecule has 0 unspecified atom stereocenters. The minimum Gasteiger partial charge on any atom is -0.406 e. The van der Waals surface area contributed by atoms with Gasteiger partial charge in [0.15, 0.2) is 0 Å². The molecule has 1 N–H and O–H groups in total. The Bertz CT molecular complexity index is 524. The maximum Gasteiger partial charge on any atom is 0.573 e. The number of piperazine rings is 1. The summed E-state index contributed by atoms with van der Waals surface area (Å²) in [7, 11) is 0. The van der Waals surface area contributed by atoms with Crippen molar-refractivity contribution in [2.24, 2.45) is 0 Å². The first-order chi connectivity index (χ1) is 10.2. The third-order valence-corrected chi connectivity index (χ3v) is 3.40. The molecule has 7 heteroatoms. The van der Waals surface area contributed by atoms with Crippen LogP contribution in [0.15, 0.2) is 24.3 Å². The second-order valence-electron chi connectivity index (χ2n) is 5.64. The maximum atomic E-state index is 12.3. The summed E-state index contributed by atoms with van der Waals surface area (Å²) < 4.78 is 40.5. The molecule has 22 heavy (non-hydrogen) atoms. The summed E-state index contributed by atoms with van der Waals surface area (Å²) in [5.41, 5.74) is 0.505. The molecule has 0 saturated carbocycles. The lowest BCUT2D eigenvalue weighted by atomic mass is 10.1. The molecule has 0 spiro atoms. The number of carbonyl (C=O) groups is 1. The van der Waals surface area contributed by atoms with Crippen LogP contribution in [-0.2, 0) is 11.2 Å². The predicted octanol–water partition coefficient (Wildman–Crippen LogP) is 2.34. The molecule has 2 rings (SSSR count). The second-order valence-corrected chi connectivity index (χ2v) is 5.64. The minimum atomic E-state index is -4.73. The van der Waals surface area contributed by atoms with E-state index in [1.807, 2.05) is 13.8 Å². The number of nitrogens with one attached hydrogen (secondary N) is 1. The van der Waals surface area contributed by atoms with Gasteiger partial charge in [-0.2, -0.15) is 0 Å². The van der Waals surface area contributed by atoms with Gasteiger partial charge in [-0.1, -0.05) is 12.1 Å². The van der Waals surface area contributed by atoms with Gasteiger partial charge >= 0.3 is 6.36 Å². The maximum absolute atomic E-state index is 12.3. The molecular formula is C15H19F3N2O2. The van der Waals surface area contributed by atoms with E-state index in [1.54, 1.807) is 11.0 Å². The van der Waals surface area contributed by atoms with Crippen LogP contribution in [0, 0.1) is 0 Å². The molecule has 0 aromatic heterocycles. The molecule has 2 atom stereocenters. The lowest BCUT2D eigenvalue weighted by Crippen LogP contribution is -2.56. The van der Waals surface area contributed by atoms with Crippen LogP contribution >= 0.6 is 0 Å². The van der Waals surface area contributed by atoms with E-state index >= 15 is 0 Å². The Labute approximate surface area is 127 Å². The van der Waals surface area contributed by atoms with Gasteiger partial charge in [0, 0.05) is 25.2 Å². The Morgan fingerprint density at radius 2 is 1.95 bits per heavy atom. The van der Waals surface area contributed by atoms with E-state index in [0.717, 1.165) is 0 Å². The third kappa shape index (κ3) is 4.91. The van der Waals surface area contributed by atoms with Crippen molar-refractivity contribution in [1.82, 2.24) is 10.2 Å². The molecule has 1 aromatic carbocycles. The summed E-state index contributed by atoms with van der Waals surface area (Å²) in [5, 5.41) is 3.32. The van der Waals surface area contributed by atoms with E-state index in [-0.39, 0.29) is 30.2 Å². The van der Waals surface area contributed by atoms with E-state index in [2.05, 4.69) is 10.1 Å². The van der Waals surface area contributed by atoms with Gasteiger partial charge in [0.05, 0.1) is 6.42 Å². The van der Waals surface area contributed by atoms with Crippen molar-refractivity contribution in [3.63, 3.8) is 0 Å². The summed E-state index contributed by atoms with van der Waals surface area (Å²) in [6, 6.07) is 5.94. The van der Waals surface area contributed by atoms with Crippen LogP contribution in [0.4, 0.5) is 13.2 Å². The Kier molecular flexibility index (Phi) is 4.95. The van der Waals surface area contributed by atoms with Gasteiger partial charge in [-0.05, 0) is 31.5 Å². The quantitative estimate of drug-likeness (QED) is 0.930. The Morgan fingerprint density at radius 3 is 2.55 bits per heavy atom. The molecule has 1 amide bonds. The highest BCUT2D eigenvalue weighted by Crippen LogP contribution is 2.23. The summed E-state index contributed by atoms with van der Waals surface area (Å²) in [5.74, 6) is -0.399. The average molecular weight is 316 g/mol. The summed E-state index contributed by atoms with van der Waals surface area (Å²) >= 11 is 0. The van der Waals surface area contributed by atoms with Crippen molar-refractivity contribution < 1.29 is 22.7 Å². The number of amides is 1. The van der Waals surface area contributed by atoms with Crippen LogP contribution in [0.1, 0.15) is 19.4 Å². The standard InChI is InChI=1S/C15H19F3N2O2/c1-10-8-20(9-11(2)19-10)14(21)7-12-4-3-5-13(6-12)22-15(16,17)18/h3-6,10-11,19H,7-9H2,1-2H3/t10-,11+. The highest BCUT2D eigenvalue weighted by atomic mass is 19.4. The van der Waals surface area contributed by atoms with E-state index in [0.29, 0.717) is 18.7 Å². The van der Waals surface area contributed by atoms with Crippen LogP contribution in [-0.4, -0.2) is 42.3 Å². The zero-order chi connectivity index (χ0) is 16.3. The fourth-order valence-corrected chi connectivity index (χ4v) is 2.67. The van der Waals surface area contributed by atoms with Gasteiger partial charge < -0.3 is 15.0 Å². The molecular weight excluding hydrogens is 297 g/mol. The lowest BCUT2D eigenvalue weighted by Gasteiger charge is -2.36. The summed E-state index contributed by atoms with van der Waals surface area (Å²) in [4.78, 5) is 14.0. The molecule has 1 aliphatic heterocycles. The fourth-order valence-electron chi connectivity index (χ4n) is 2.67. The van der Waals surface area contributed by atoms with Crippen LogP contribution in [0.5, 0.6) is 5.75 Å². The third-order valence-electron chi connectivity index (χ3n) is 3.40. The molecule has 1 heterocycles. The average Bonchev–Trinajstić information content (AvgIpc) is 2.35. The molecule has 1 aliphatic rings. The zero-order valence-corrected chi connectivity index (χ0v) is 12.5. The van der Waals surface area contributed by atoms with Crippen LogP contribution < -0.4 is 10.1 Å². The van der Waals surface area contributed by atoms with Crippen LogP contribution in [0.25, 0.3) is 0 Å². The predicted molar refractivity (Wildman–Crippen MR) is 75.5 cm³/mol. The summed E-state index contributed by atoms with van der Waals surface area (Å²) in [6.45, 7) is 5.19. The SMILES string of the molecule is C[C@@H]1CN(C(=O)Cc2cccc(OC(F)(F)F)c2)C[C@H](C)N1. The lowest BCUT2D eigenvalue weighted by molar-refractivity contribution is -0.274. The fraction of sp³-hybridized carbons (Fsp3) is 0.533. The Hall–Kier alpha value is -1.76. The molecule has 122 valence electrons. The minimum absolute atomic E-state index is 0.0640. The normalized spacial score (nSPS) is 22.5. The number of alkyl halides is 3. The number of nitrogens with zero attached hydrogens (tertiary/aromatic N) is 1. The molecule has 4 nitrogen and oxygen atoms in total. The number of ether oxygens (including phenoxy) is 1. The number of rotatable bonds is 3. The number of hydrogen-bond donors (Lipinski definition) is 1. The summed E-state index contributed by atoms with van der Waals surface area (Å²) in [6.07, 6.45) is -4.67. The van der Waals surface area contributed by atoms with Gasteiger partial charge in [0.1, 0.15) is 5.75 Å². The Balaban J connectivity index is 2.01. The molecule has 0 radical (unpaired) electrons. The van der Waals surface area contributed by atoms with Crippen LogP contribution in [0.3, 0.4) is 0 Å². The van der Waals surface area contributed by atoms with Gasteiger partial charge in [0.2, 0.25) is 5.91 Å². The van der Waals surface area contributed by atoms with Crippen molar-refractivity contribution in [3.8, 4) is 5.75 Å². The van der Waals surface area contributed by atoms with Crippen molar-refractivity contribution in [2.75, 3.05) is 13.1 Å². The number of carbonyl (C=O) groups excluding carboxylic acids is 1. The van der Waals surface area contributed by atoms with E-state index in [9.17, 15) is 18.0 Å². The van der Waals surface area contributed by atoms with Gasteiger partial charge in [-0.15, -0.1) is 13.2 Å². The molecule has 1 saturated heterocycles. The molecule has 0 aliphatic carbocycles. The zero-order valence-electron chi connectivity index (χ0n) is 12.5. The van der Waals surface area contributed by atoms with E-state index in [4.69, 9.17) is 0 Å². The second kappa shape index (κ2) is 6.56. The van der Waals surface area contributed by atoms with Crippen molar-refractivity contribution in [3.05, 3.63) is 29.8 Å². The highest BCUT2D eigenvalue weighted by Gasteiger charge is 2.31. The van der Waals surface area contributed by atoms with Crippen molar-refractivity contribution >= 4 is 5.91 Å². The number of hydrogen-bond acceptors (Lipinski definition) is 3.